The van der Waals surface area contributed by atoms with Crippen LogP contribution >= 0.6 is 11.5 Å². The molecule has 0 aliphatic heterocycles. The van der Waals surface area contributed by atoms with Crippen LogP contribution in [0.25, 0.3) is 0 Å². The summed E-state index contributed by atoms with van der Waals surface area (Å²) in [4.78, 5) is 32.9. The third-order valence-electron chi connectivity index (χ3n) is 2.29. The summed E-state index contributed by atoms with van der Waals surface area (Å²) in [6, 6.07) is 0. The molecule has 0 radical (unpaired) electrons. The maximum absolute atomic E-state index is 12.1. The molecule has 1 aromatic heterocycles. The molecule has 1 heterocycles. The van der Waals surface area contributed by atoms with Gasteiger partial charge in [-0.3, -0.25) is 0 Å². The smallest absolute Gasteiger partial charge is 0.364 e. The number of nitrogen functional groups attached to an aromatic ring is 1. The summed E-state index contributed by atoms with van der Waals surface area (Å²) in [5, 5.41) is 3.82. The molecule has 128 valence electrons. The maximum atomic E-state index is 12.1. The first-order valence-corrected chi connectivity index (χ1v) is 7.41. The quantitative estimate of drug-likeness (QED) is 0.478. The Morgan fingerprint density at radius 3 is 2.26 bits per heavy atom. The van der Waals surface area contributed by atoms with Gasteiger partial charge in [-0.05, 0) is 34.6 Å². The molecule has 23 heavy (non-hydrogen) atoms. The van der Waals surface area contributed by atoms with Crippen molar-refractivity contribution in [2.24, 2.45) is 5.16 Å². The lowest BCUT2D eigenvalue weighted by Gasteiger charge is -2.26. The van der Waals surface area contributed by atoms with E-state index in [9.17, 15) is 9.59 Å². The van der Waals surface area contributed by atoms with Gasteiger partial charge in [-0.25, -0.2) is 9.59 Å². The fourth-order valence-corrected chi connectivity index (χ4v) is 1.63. The van der Waals surface area contributed by atoms with E-state index in [0.717, 1.165) is 11.5 Å². The first-order valence-electron chi connectivity index (χ1n) is 6.64. The van der Waals surface area contributed by atoms with Gasteiger partial charge in [0.15, 0.2) is 5.13 Å². The second-order valence-corrected chi connectivity index (χ2v) is 6.77. The van der Waals surface area contributed by atoms with Gasteiger partial charge in [0, 0.05) is 11.5 Å². The highest BCUT2D eigenvalue weighted by Gasteiger charge is 2.36. The Morgan fingerprint density at radius 2 is 1.83 bits per heavy atom. The molecule has 0 bridgehead atoms. The molecule has 0 saturated carbocycles. The van der Waals surface area contributed by atoms with Crippen molar-refractivity contribution in [2.75, 3.05) is 12.8 Å². The molecule has 0 amide bonds. The van der Waals surface area contributed by atoms with E-state index in [1.54, 1.807) is 20.8 Å². The molecule has 0 aliphatic carbocycles. The third kappa shape index (κ3) is 5.47. The topological polar surface area (TPSA) is 126 Å². The zero-order valence-electron chi connectivity index (χ0n) is 13.9. The van der Waals surface area contributed by atoms with Crippen molar-refractivity contribution in [3.63, 3.8) is 0 Å². The minimum atomic E-state index is -1.42. The Balaban J connectivity index is 3.00. The molecule has 9 nitrogen and oxygen atoms in total. The number of carbonyl (C=O) groups is 2. The van der Waals surface area contributed by atoms with Crippen molar-refractivity contribution < 1.29 is 23.9 Å². The zero-order chi connectivity index (χ0) is 17.8. The highest BCUT2D eigenvalue weighted by molar-refractivity contribution is 7.09. The average molecular weight is 344 g/mol. The van der Waals surface area contributed by atoms with Crippen molar-refractivity contribution >= 4 is 34.3 Å². The molecule has 10 heteroatoms. The standard InChI is InChI=1S/C13H20N4O5S/c1-12(2,3)21-10(19)13(4,5)22-16-7(9(18)20-6)8-15-11(14)23-17-8/h1-6H3,(H2,14,15,17)/b16-7+. The van der Waals surface area contributed by atoms with E-state index < -0.39 is 23.1 Å². The Labute approximate surface area is 138 Å². The van der Waals surface area contributed by atoms with Crippen LogP contribution in [0.5, 0.6) is 0 Å². The van der Waals surface area contributed by atoms with E-state index in [1.807, 2.05) is 0 Å². The highest BCUT2D eigenvalue weighted by atomic mass is 32.1. The Morgan fingerprint density at radius 1 is 1.22 bits per heavy atom. The second-order valence-electron chi connectivity index (χ2n) is 5.99. The third-order valence-corrected chi connectivity index (χ3v) is 2.83. The summed E-state index contributed by atoms with van der Waals surface area (Å²) in [5.74, 6) is -1.49. The molecule has 1 aromatic rings. The van der Waals surface area contributed by atoms with Gasteiger partial charge in [0.2, 0.25) is 17.1 Å². The number of rotatable bonds is 5. The molecule has 0 unspecified atom stereocenters. The maximum Gasteiger partial charge on any atom is 0.364 e. The first-order chi connectivity index (χ1) is 10.5. The number of carbonyl (C=O) groups excluding carboxylic acids is 2. The van der Waals surface area contributed by atoms with E-state index in [-0.39, 0.29) is 16.7 Å². The van der Waals surface area contributed by atoms with E-state index in [4.69, 9.17) is 15.3 Å². The SMILES string of the molecule is COC(=O)/C(=N/OC(C)(C)C(=O)OC(C)(C)C)c1nsc(N)n1. The molecule has 0 aliphatic rings. The molecular weight excluding hydrogens is 324 g/mol. The fourth-order valence-electron chi connectivity index (χ4n) is 1.20. The van der Waals surface area contributed by atoms with Crippen molar-refractivity contribution in [3.05, 3.63) is 5.82 Å². The average Bonchev–Trinajstić information content (AvgIpc) is 2.83. The lowest BCUT2D eigenvalue weighted by molar-refractivity contribution is -0.179. The monoisotopic (exact) mass is 344 g/mol. The molecule has 0 aromatic carbocycles. The first kappa shape index (κ1) is 18.8. The summed E-state index contributed by atoms with van der Waals surface area (Å²) in [6.07, 6.45) is 0. The number of aromatic nitrogens is 2. The zero-order valence-corrected chi connectivity index (χ0v) is 14.7. The Bertz CT molecular complexity index is 618. The molecule has 0 atom stereocenters. The largest absolute Gasteiger partial charge is 0.464 e. The number of hydrogen-bond donors (Lipinski definition) is 1. The van der Waals surface area contributed by atoms with Crippen LogP contribution in [0.2, 0.25) is 0 Å². The number of esters is 2. The number of nitrogens with two attached hydrogens (primary N) is 1. The van der Waals surface area contributed by atoms with E-state index in [2.05, 4.69) is 19.3 Å². The predicted octanol–water partition coefficient (Wildman–Crippen LogP) is 1.13. The lowest BCUT2D eigenvalue weighted by atomic mass is 10.1. The number of nitrogens with zero attached hydrogens (tertiary/aromatic N) is 3. The summed E-state index contributed by atoms with van der Waals surface area (Å²) in [7, 11) is 1.17. The lowest BCUT2D eigenvalue weighted by Crippen LogP contribution is -2.40. The van der Waals surface area contributed by atoms with Crippen molar-refractivity contribution in [1.29, 1.82) is 0 Å². The highest BCUT2D eigenvalue weighted by Crippen LogP contribution is 2.18. The van der Waals surface area contributed by atoms with Gasteiger partial charge < -0.3 is 20.0 Å². The molecule has 0 spiro atoms. The van der Waals surface area contributed by atoms with Gasteiger partial charge in [0.05, 0.1) is 7.11 Å². The van der Waals surface area contributed by atoms with E-state index >= 15 is 0 Å². The normalized spacial score (nSPS) is 12.7. The Hall–Kier alpha value is -2.23. The van der Waals surface area contributed by atoms with Crippen LogP contribution in [0.4, 0.5) is 5.13 Å². The van der Waals surface area contributed by atoms with Crippen LogP contribution in [0.3, 0.4) is 0 Å². The van der Waals surface area contributed by atoms with Crippen LogP contribution in [0.1, 0.15) is 40.4 Å². The minimum absolute atomic E-state index is 0.0423. The van der Waals surface area contributed by atoms with E-state index in [0.29, 0.717) is 0 Å². The van der Waals surface area contributed by atoms with Crippen LogP contribution in [-0.4, -0.2) is 45.3 Å². The van der Waals surface area contributed by atoms with Gasteiger partial charge in [-0.2, -0.15) is 9.36 Å². The number of methoxy groups -OCH3 is 1. The second kappa shape index (κ2) is 6.90. The Kier molecular flexibility index (Phi) is 5.65. The number of oxime groups is 1. The van der Waals surface area contributed by atoms with Crippen LogP contribution in [-0.2, 0) is 23.9 Å². The molecule has 0 saturated heterocycles. The van der Waals surface area contributed by atoms with Crippen molar-refractivity contribution in [2.45, 2.75) is 45.8 Å². The van der Waals surface area contributed by atoms with Crippen LogP contribution in [0.15, 0.2) is 5.16 Å². The van der Waals surface area contributed by atoms with Gasteiger partial charge in [0.1, 0.15) is 5.60 Å². The fraction of sp³-hybridized carbons (Fsp3) is 0.615. The van der Waals surface area contributed by atoms with Gasteiger partial charge in [0.25, 0.3) is 0 Å². The van der Waals surface area contributed by atoms with E-state index in [1.165, 1.54) is 21.0 Å². The number of hydrogen-bond acceptors (Lipinski definition) is 10. The van der Waals surface area contributed by atoms with Crippen molar-refractivity contribution in [3.8, 4) is 0 Å². The summed E-state index contributed by atoms with van der Waals surface area (Å²) in [6.45, 7) is 8.11. The summed E-state index contributed by atoms with van der Waals surface area (Å²) < 4.78 is 13.7. The van der Waals surface area contributed by atoms with Gasteiger partial charge >= 0.3 is 11.9 Å². The minimum Gasteiger partial charge on any atom is -0.464 e. The predicted molar refractivity (Wildman–Crippen MR) is 83.9 cm³/mol. The molecule has 0 fully saturated rings. The molecule has 1 rings (SSSR count). The summed E-state index contributed by atoms with van der Waals surface area (Å²) >= 11 is 0.889. The van der Waals surface area contributed by atoms with Crippen molar-refractivity contribution in [1.82, 2.24) is 9.36 Å². The van der Waals surface area contributed by atoms with Gasteiger partial charge in [-0.15, -0.1) is 0 Å². The molecule has 2 N–H and O–H groups in total. The molecular formula is C13H20N4O5S. The van der Waals surface area contributed by atoms with Crippen LogP contribution < -0.4 is 5.73 Å². The summed E-state index contributed by atoms with van der Waals surface area (Å²) in [5.41, 5.74) is 3.08. The van der Waals surface area contributed by atoms with Gasteiger partial charge in [-0.1, -0.05) is 5.16 Å². The number of anilines is 1. The van der Waals surface area contributed by atoms with Crippen LogP contribution in [0, 0.1) is 0 Å². The number of ether oxygens (including phenoxy) is 2.